The lowest BCUT2D eigenvalue weighted by molar-refractivity contribution is 0.279. The van der Waals surface area contributed by atoms with Crippen LogP contribution < -0.4 is 0 Å². The predicted octanol–water partition coefficient (Wildman–Crippen LogP) is 4.76. The van der Waals surface area contributed by atoms with Crippen LogP contribution in [0.3, 0.4) is 0 Å². The third-order valence-corrected chi connectivity index (χ3v) is 4.11. The van der Waals surface area contributed by atoms with E-state index in [1.165, 1.54) is 5.69 Å². The molecule has 1 heterocycles. The van der Waals surface area contributed by atoms with Gasteiger partial charge in [0.25, 0.3) is 0 Å². The summed E-state index contributed by atoms with van der Waals surface area (Å²) in [6.07, 6.45) is 0.676. The molecule has 0 bridgehead atoms. The van der Waals surface area contributed by atoms with Gasteiger partial charge in [-0.05, 0) is 35.6 Å². The summed E-state index contributed by atoms with van der Waals surface area (Å²) in [7, 11) is 0. The fraction of sp³-hybridized carbons (Fsp3) is 0.579. The van der Waals surface area contributed by atoms with Crippen LogP contribution in [0.15, 0.2) is 18.2 Å². The minimum atomic E-state index is -0.215. The third-order valence-electron chi connectivity index (χ3n) is 4.11. The van der Waals surface area contributed by atoms with Gasteiger partial charge in [-0.1, -0.05) is 41.5 Å². The largest absolute Gasteiger partial charge is 0.396 e. The van der Waals surface area contributed by atoms with Crippen molar-refractivity contribution in [3.05, 3.63) is 35.3 Å². The molecule has 0 amide bonds. The number of fused-ring (bicyclic) bond motifs is 1. The summed E-state index contributed by atoms with van der Waals surface area (Å²) in [5, 5.41) is 10.2. The third kappa shape index (κ3) is 3.19. The number of aromatic nitrogens is 1. The first-order chi connectivity index (χ1) is 10.1. The molecule has 0 atom stereocenters. The number of rotatable bonds is 3. The van der Waals surface area contributed by atoms with Gasteiger partial charge < -0.3 is 9.67 Å². The Morgan fingerprint density at radius 2 is 1.64 bits per heavy atom. The van der Waals surface area contributed by atoms with Crippen molar-refractivity contribution < 1.29 is 9.50 Å². The molecule has 1 N–H and O–H groups in total. The molecule has 2 aromatic rings. The number of benzene rings is 1. The van der Waals surface area contributed by atoms with Gasteiger partial charge in [0.1, 0.15) is 5.82 Å². The van der Waals surface area contributed by atoms with Crippen LogP contribution in [-0.2, 0) is 17.4 Å². The number of hydrogen-bond acceptors (Lipinski definition) is 1. The average molecular weight is 305 g/mol. The molecule has 0 saturated carbocycles. The minimum absolute atomic E-state index is 0.0210. The van der Waals surface area contributed by atoms with Crippen molar-refractivity contribution in [2.75, 3.05) is 6.61 Å². The Labute approximate surface area is 133 Å². The van der Waals surface area contributed by atoms with E-state index in [0.29, 0.717) is 13.0 Å². The van der Waals surface area contributed by atoms with Gasteiger partial charge in [-0.15, -0.1) is 0 Å². The van der Waals surface area contributed by atoms with Gasteiger partial charge >= 0.3 is 0 Å². The van der Waals surface area contributed by atoms with Crippen molar-refractivity contribution in [3.8, 4) is 0 Å². The zero-order valence-electron chi connectivity index (χ0n) is 14.6. The fourth-order valence-electron chi connectivity index (χ4n) is 2.95. The summed E-state index contributed by atoms with van der Waals surface area (Å²) < 4.78 is 16.7. The van der Waals surface area contributed by atoms with Gasteiger partial charge in [0.15, 0.2) is 0 Å². The molecule has 0 radical (unpaired) electrons. The van der Waals surface area contributed by atoms with E-state index in [1.807, 2.05) is 26.8 Å². The highest BCUT2D eigenvalue weighted by atomic mass is 19.1. The molecule has 1 aromatic carbocycles. The summed E-state index contributed by atoms with van der Waals surface area (Å²) in [5.41, 5.74) is 2.62. The van der Waals surface area contributed by atoms with Crippen molar-refractivity contribution in [1.82, 2.24) is 4.57 Å². The normalized spacial score (nSPS) is 13.1. The van der Waals surface area contributed by atoms with Crippen LogP contribution in [0.2, 0.25) is 0 Å². The first-order valence-corrected chi connectivity index (χ1v) is 8.00. The quantitative estimate of drug-likeness (QED) is 0.869. The highest BCUT2D eigenvalue weighted by Gasteiger charge is 2.24. The topological polar surface area (TPSA) is 25.2 Å². The standard InChI is InChI=1S/C19H28FNO/c1-18(2,3)14-10-13-11-17(19(4,5)6)21(8-7-9-22)16(13)12-15(14)20/h10-12,22H,7-9H2,1-6H3. The second-order valence-corrected chi connectivity index (χ2v) is 8.15. The van der Waals surface area contributed by atoms with E-state index in [9.17, 15) is 4.39 Å². The van der Waals surface area contributed by atoms with E-state index in [-0.39, 0.29) is 23.3 Å². The Balaban J connectivity index is 2.71. The van der Waals surface area contributed by atoms with Gasteiger partial charge in [-0.25, -0.2) is 4.39 Å². The van der Waals surface area contributed by atoms with E-state index in [1.54, 1.807) is 6.07 Å². The Bertz CT molecular complexity index is 671. The van der Waals surface area contributed by atoms with E-state index in [4.69, 9.17) is 5.11 Å². The highest BCUT2D eigenvalue weighted by molar-refractivity contribution is 5.83. The molecule has 2 nitrogen and oxygen atoms in total. The van der Waals surface area contributed by atoms with Gasteiger partial charge in [-0.3, -0.25) is 0 Å². The maximum absolute atomic E-state index is 14.6. The summed E-state index contributed by atoms with van der Waals surface area (Å²) in [6, 6.07) is 5.80. The first-order valence-electron chi connectivity index (χ1n) is 8.00. The van der Waals surface area contributed by atoms with Crippen LogP contribution in [-0.4, -0.2) is 16.3 Å². The molecule has 0 spiro atoms. The molecule has 0 saturated heterocycles. The first kappa shape index (κ1) is 17.0. The van der Waals surface area contributed by atoms with Crippen molar-refractivity contribution in [3.63, 3.8) is 0 Å². The second kappa shape index (κ2) is 5.69. The van der Waals surface area contributed by atoms with Gasteiger partial charge in [0, 0.05) is 29.6 Å². The molecular weight excluding hydrogens is 277 g/mol. The molecule has 22 heavy (non-hydrogen) atoms. The number of aryl methyl sites for hydroxylation is 1. The number of hydrogen-bond donors (Lipinski definition) is 1. The van der Waals surface area contributed by atoms with Crippen LogP contribution in [0.4, 0.5) is 4.39 Å². The molecular formula is C19H28FNO. The number of halogens is 1. The van der Waals surface area contributed by atoms with Gasteiger partial charge in [0.05, 0.1) is 5.52 Å². The zero-order valence-corrected chi connectivity index (χ0v) is 14.6. The monoisotopic (exact) mass is 305 g/mol. The Morgan fingerprint density at radius 3 is 2.14 bits per heavy atom. The predicted molar refractivity (Wildman–Crippen MR) is 91.0 cm³/mol. The summed E-state index contributed by atoms with van der Waals surface area (Å²) >= 11 is 0. The van der Waals surface area contributed by atoms with Crippen molar-refractivity contribution in [2.24, 2.45) is 0 Å². The molecule has 1 aromatic heterocycles. The lowest BCUT2D eigenvalue weighted by Crippen LogP contribution is -2.18. The molecule has 0 fully saturated rings. The summed E-state index contributed by atoms with van der Waals surface area (Å²) in [5.74, 6) is -0.149. The lowest BCUT2D eigenvalue weighted by Gasteiger charge is -2.22. The number of aliphatic hydroxyl groups excluding tert-OH is 1. The van der Waals surface area contributed by atoms with E-state index < -0.39 is 0 Å². The maximum atomic E-state index is 14.6. The summed E-state index contributed by atoms with van der Waals surface area (Å²) in [6.45, 7) is 13.4. The highest BCUT2D eigenvalue weighted by Crippen LogP contribution is 2.34. The fourth-order valence-corrected chi connectivity index (χ4v) is 2.95. The number of aliphatic hydroxyl groups is 1. The second-order valence-electron chi connectivity index (χ2n) is 8.15. The van der Waals surface area contributed by atoms with Crippen molar-refractivity contribution >= 4 is 10.9 Å². The van der Waals surface area contributed by atoms with Crippen molar-refractivity contribution in [1.29, 1.82) is 0 Å². The molecule has 3 heteroatoms. The van der Waals surface area contributed by atoms with Crippen LogP contribution in [0.25, 0.3) is 10.9 Å². The van der Waals surface area contributed by atoms with Crippen LogP contribution in [0.1, 0.15) is 59.2 Å². The molecule has 2 rings (SSSR count). The van der Waals surface area contributed by atoms with E-state index >= 15 is 0 Å². The maximum Gasteiger partial charge on any atom is 0.129 e. The van der Waals surface area contributed by atoms with Gasteiger partial charge in [-0.2, -0.15) is 0 Å². The lowest BCUT2D eigenvalue weighted by atomic mass is 9.86. The Kier molecular flexibility index (Phi) is 4.40. The summed E-state index contributed by atoms with van der Waals surface area (Å²) in [4.78, 5) is 0. The van der Waals surface area contributed by atoms with Crippen LogP contribution in [0.5, 0.6) is 0 Å². The zero-order chi connectivity index (χ0) is 16.7. The van der Waals surface area contributed by atoms with Crippen LogP contribution in [0, 0.1) is 5.82 Å². The SMILES string of the molecule is CC(C)(C)c1cc2cc(C(C)(C)C)n(CCCO)c2cc1F. The Hall–Kier alpha value is -1.35. The molecule has 0 aliphatic heterocycles. The molecule has 0 unspecified atom stereocenters. The molecule has 0 aliphatic carbocycles. The average Bonchev–Trinajstić information content (AvgIpc) is 2.72. The number of nitrogens with zero attached hydrogens (tertiary/aromatic N) is 1. The molecule has 0 aliphatic rings. The van der Waals surface area contributed by atoms with E-state index in [2.05, 4.69) is 31.4 Å². The van der Waals surface area contributed by atoms with E-state index in [0.717, 1.165) is 16.5 Å². The smallest absolute Gasteiger partial charge is 0.129 e. The minimum Gasteiger partial charge on any atom is -0.396 e. The van der Waals surface area contributed by atoms with Crippen LogP contribution >= 0.6 is 0 Å². The Morgan fingerprint density at radius 1 is 1.00 bits per heavy atom. The van der Waals surface area contributed by atoms with Crippen molar-refractivity contribution in [2.45, 2.75) is 65.3 Å². The molecule has 122 valence electrons. The van der Waals surface area contributed by atoms with Gasteiger partial charge in [0.2, 0.25) is 0 Å².